The van der Waals surface area contributed by atoms with Gasteiger partial charge in [-0.3, -0.25) is 4.79 Å². The van der Waals surface area contributed by atoms with E-state index in [1.54, 1.807) is 13.2 Å². The molecule has 94 valence electrons. The minimum Gasteiger partial charge on any atom is -0.495 e. The van der Waals surface area contributed by atoms with E-state index in [4.69, 9.17) is 22.7 Å². The predicted octanol–water partition coefficient (Wildman–Crippen LogP) is 1.94. The van der Waals surface area contributed by atoms with Gasteiger partial charge in [-0.1, -0.05) is 19.1 Å². The van der Waals surface area contributed by atoms with Crippen LogP contribution in [-0.2, 0) is 0 Å². The van der Waals surface area contributed by atoms with Gasteiger partial charge in [0.2, 0.25) is 0 Å². The highest BCUT2D eigenvalue weighted by molar-refractivity contribution is 7.80. The van der Waals surface area contributed by atoms with E-state index in [1.165, 1.54) is 11.3 Å². The molecule has 1 unspecified atom stereocenters. The molecule has 17 heavy (non-hydrogen) atoms. The molecule has 0 spiro atoms. The summed E-state index contributed by atoms with van der Waals surface area (Å²) < 4.78 is 5.10. The topological polar surface area (TPSA) is 64.3 Å². The summed E-state index contributed by atoms with van der Waals surface area (Å²) in [6, 6.07) is 1.75. The van der Waals surface area contributed by atoms with E-state index in [2.05, 4.69) is 5.32 Å². The number of hydrogen-bond donors (Lipinski definition) is 2. The van der Waals surface area contributed by atoms with Crippen LogP contribution in [0.2, 0.25) is 0 Å². The molecule has 6 heteroatoms. The summed E-state index contributed by atoms with van der Waals surface area (Å²) in [6.45, 7) is 1.98. The molecule has 0 aliphatic rings. The number of nitrogens with one attached hydrogen (secondary N) is 1. The van der Waals surface area contributed by atoms with Gasteiger partial charge in [0.15, 0.2) is 0 Å². The summed E-state index contributed by atoms with van der Waals surface area (Å²) in [4.78, 5) is 13.0. The van der Waals surface area contributed by atoms with Crippen LogP contribution in [0.1, 0.15) is 29.4 Å². The van der Waals surface area contributed by atoms with Gasteiger partial charge < -0.3 is 15.8 Å². The molecule has 0 radical (unpaired) electrons. The highest BCUT2D eigenvalue weighted by atomic mass is 32.1. The van der Waals surface area contributed by atoms with Crippen molar-refractivity contribution < 1.29 is 9.53 Å². The van der Waals surface area contributed by atoms with Crippen LogP contribution in [0.5, 0.6) is 5.75 Å². The molecule has 1 heterocycles. The fraction of sp³-hybridized carbons (Fsp3) is 0.455. The number of methoxy groups -OCH3 is 1. The second kappa shape index (κ2) is 6.56. The fourth-order valence-corrected chi connectivity index (χ4v) is 2.38. The molecule has 1 atom stereocenters. The average Bonchev–Trinajstić information content (AvgIpc) is 2.75. The molecule has 0 aromatic carbocycles. The van der Waals surface area contributed by atoms with Gasteiger partial charge in [-0.2, -0.15) is 0 Å². The lowest BCUT2D eigenvalue weighted by Crippen LogP contribution is -2.36. The van der Waals surface area contributed by atoms with E-state index >= 15 is 0 Å². The summed E-state index contributed by atoms with van der Waals surface area (Å²) >= 11 is 6.20. The summed E-state index contributed by atoms with van der Waals surface area (Å²) in [5.41, 5.74) is 5.48. The van der Waals surface area contributed by atoms with E-state index in [0.717, 1.165) is 6.42 Å². The van der Waals surface area contributed by atoms with Crippen molar-refractivity contribution in [3.8, 4) is 5.75 Å². The van der Waals surface area contributed by atoms with Crippen LogP contribution in [0.15, 0.2) is 11.4 Å². The smallest absolute Gasteiger partial charge is 0.265 e. The molecular formula is C11H16N2O2S2. The molecule has 1 amide bonds. The van der Waals surface area contributed by atoms with Crippen LogP contribution in [0.4, 0.5) is 0 Å². The van der Waals surface area contributed by atoms with Crippen molar-refractivity contribution in [2.75, 3.05) is 7.11 Å². The molecule has 0 saturated carbocycles. The fourth-order valence-electron chi connectivity index (χ4n) is 1.42. The number of amides is 1. The lowest BCUT2D eigenvalue weighted by molar-refractivity contribution is 0.0938. The second-order valence-corrected chi connectivity index (χ2v) is 5.01. The standard InChI is InChI=1S/C11H16N2O2S2/c1-3-7(6-9(12)16)13-11(14)10-8(15-2)4-5-17-10/h4-5,7H,3,6H2,1-2H3,(H2,12,16)(H,13,14). The highest BCUT2D eigenvalue weighted by Gasteiger charge is 2.17. The largest absolute Gasteiger partial charge is 0.495 e. The minimum absolute atomic E-state index is 0.0215. The monoisotopic (exact) mass is 272 g/mol. The Morgan fingerprint density at radius 2 is 2.41 bits per heavy atom. The van der Waals surface area contributed by atoms with Crippen LogP contribution < -0.4 is 15.8 Å². The van der Waals surface area contributed by atoms with E-state index in [0.29, 0.717) is 22.0 Å². The quantitative estimate of drug-likeness (QED) is 0.777. The average molecular weight is 272 g/mol. The third-order valence-electron chi connectivity index (χ3n) is 2.33. The van der Waals surface area contributed by atoms with Crippen molar-refractivity contribution >= 4 is 34.5 Å². The molecule has 0 bridgehead atoms. The van der Waals surface area contributed by atoms with Gasteiger partial charge in [0, 0.05) is 12.5 Å². The number of thiophene rings is 1. The summed E-state index contributed by atoms with van der Waals surface area (Å²) in [6.07, 6.45) is 1.31. The third-order valence-corrected chi connectivity index (χ3v) is 3.39. The zero-order valence-corrected chi connectivity index (χ0v) is 11.5. The molecule has 4 nitrogen and oxygen atoms in total. The highest BCUT2D eigenvalue weighted by Crippen LogP contribution is 2.24. The first-order chi connectivity index (χ1) is 8.08. The van der Waals surface area contributed by atoms with Gasteiger partial charge >= 0.3 is 0 Å². The van der Waals surface area contributed by atoms with Crippen molar-refractivity contribution in [2.24, 2.45) is 5.73 Å². The first-order valence-corrected chi connectivity index (χ1v) is 6.57. The van der Waals surface area contributed by atoms with Gasteiger partial charge in [0.25, 0.3) is 5.91 Å². The van der Waals surface area contributed by atoms with Gasteiger partial charge in [-0.15, -0.1) is 11.3 Å². The molecule has 1 rings (SSSR count). The molecule has 0 fully saturated rings. The van der Waals surface area contributed by atoms with Crippen molar-refractivity contribution in [3.05, 3.63) is 16.3 Å². The normalized spacial score (nSPS) is 11.9. The number of hydrogen-bond acceptors (Lipinski definition) is 4. The maximum absolute atomic E-state index is 12.0. The van der Waals surface area contributed by atoms with Crippen LogP contribution >= 0.6 is 23.6 Å². The lowest BCUT2D eigenvalue weighted by atomic mass is 10.1. The van der Waals surface area contributed by atoms with Gasteiger partial charge in [-0.25, -0.2) is 0 Å². The Morgan fingerprint density at radius 1 is 1.71 bits per heavy atom. The van der Waals surface area contributed by atoms with Crippen molar-refractivity contribution in [1.82, 2.24) is 5.32 Å². The molecule has 0 aliphatic heterocycles. The van der Waals surface area contributed by atoms with Crippen LogP contribution in [0.3, 0.4) is 0 Å². The first-order valence-electron chi connectivity index (χ1n) is 5.29. The van der Waals surface area contributed by atoms with Gasteiger partial charge in [0.05, 0.1) is 12.1 Å². The van der Waals surface area contributed by atoms with Gasteiger partial charge in [0.1, 0.15) is 10.6 Å². The zero-order chi connectivity index (χ0) is 12.8. The summed E-state index contributed by atoms with van der Waals surface area (Å²) in [5.74, 6) is 0.456. The van der Waals surface area contributed by atoms with Crippen molar-refractivity contribution in [1.29, 1.82) is 0 Å². The lowest BCUT2D eigenvalue weighted by Gasteiger charge is -2.15. The van der Waals surface area contributed by atoms with Crippen LogP contribution in [-0.4, -0.2) is 24.0 Å². The maximum Gasteiger partial charge on any atom is 0.265 e. The maximum atomic E-state index is 12.0. The Hall–Kier alpha value is -1.14. The van der Waals surface area contributed by atoms with Crippen molar-refractivity contribution in [2.45, 2.75) is 25.8 Å². The Labute approximate surface area is 110 Å². The summed E-state index contributed by atoms with van der Waals surface area (Å²) in [7, 11) is 1.55. The number of carbonyl (C=O) groups is 1. The van der Waals surface area contributed by atoms with E-state index in [9.17, 15) is 4.79 Å². The number of rotatable bonds is 6. The Bertz CT molecular complexity index is 404. The molecule has 3 N–H and O–H groups in total. The van der Waals surface area contributed by atoms with E-state index in [-0.39, 0.29) is 11.9 Å². The van der Waals surface area contributed by atoms with E-state index < -0.39 is 0 Å². The first kappa shape index (κ1) is 13.9. The number of nitrogens with two attached hydrogens (primary N) is 1. The summed E-state index contributed by atoms with van der Waals surface area (Å²) in [5, 5.41) is 4.72. The number of thiocarbonyl (C=S) groups is 1. The SMILES string of the molecule is CCC(CC(N)=S)NC(=O)c1sccc1OC. The number of carbonyl (C=O) groups excluding carboxylic acids is 1. The van der Waals surface area contributed by atoms with E-state index in [1.807, 2.05) is 12.3 Å². The van der Waals surface area contributed by atoms with Crippen LogP contribution in [0, 0.1) is 0 Å². The molecular weight excluding hydrogens is 256 g/mol. The Morgan fingerprint density at radius 3 is 2.94 bits per heavy atom. The molecule has 1 aromatic rings. The van der Waals surface area contributed by atoms with Gasteiger partial charge in [-0.05, 0) is 17.9 Å². The third kappa shape index (κ3) is 3.98. The second-order valence-electron chi connectivity index (χ2n) is 3.57. The Kier molecular flexibility index (Phi) is 5.37. The molecule has 0 aliphatic carbocycles. The number of ether oxygens (including phenoxy) is 1. The predicted molar refractivity (Wildman–Crippen MR) is 73.8 cm³/mol. The van der Waals surface area contributed by atoms with Crippen LogP contribution in [0.25, 0.3) is 0 Å². The zero-order valence-electron chi connectivity index (χ0n) is 9.86. The molecule has 1 aromatic heterocycles. The Balaban J connectivity index is 2.67. The molecule has 0 saturated heterocycles. The minimum atomic E-state index is -0.139. The van der Waals surface area contributed by atoms with Crippen molar-refractivity contribution in [3.63, 3.8) is 0 Å².